The summed E-state index contributed by atoms with van der Waals surface area (Å²) in [7, 11) is 1.46. The van der Waals surface area contributed by atoms with Gasteiger partial charge in [-0.2, -0.15) is 0 Å². The van der Waals surface area contributed by atoms with Crippen molar-refractivity contribution in [2.75, 3.05) is 7.11 Å². The summed E-state index contributed by atoms with van der Waals surface area (Å²) in [5, 5.41) is 0. The first kappa shape index (κ1) is 29.4. The minimum atomic E-state index is -0.227. The van der Waals surface area contributed by atoms with E-state index in [9.17, 15) is 9.59 Å². The van der Waals surface area contributed by atoms with Crippen LogP contribution in [0.2, 0.25) is 0 Å². The number of esters is 2. The number of carbonyl (C=O) groups excluding carboxylic acids is 2. The van der Waals surface area contributed by atoms with Gasteiger partial charge in [-0.1, -0.05) is 64.8 Å². The first-order valence-corrected chi connectivity index (χ1v) is 15.3. The summed E-state index contributed by atoms with van der Waals surface area (Å²) in [6.45, 7) is 22.6. The lowest BCUT2D eigenvalue weighted by Crippen LogP contribution is -2.55. The number of fused-ring (bicyclic) bond motifs is 4. The molecule has 0 aliphatic heterocycles. The van der Waals surface area contributed by atoms with Crippen LogP contribution < -0.4 is 0 Å². The Morgan fingerprint density at radius 2 is 1.66 bits per heavy atom. The lowest BCUT2D eigenvalue weighted by atomic mass is 9.43. The van der Waals surface area contributed by atoms with Gasteiger partial charge in [-0.15, -0.1) is 0 Å². The summed E-state index contributed by atoms with van der Waals surface area (Å²) in [4.78, 5) is 23.9. The molecule has 2 saturated carbocycles. The predicted octanol–water partition coefficient (Wildman–Crippen LogP) is 8.45. The fourth-order valence-electron chi connectivity index (χ4n) is 10.2. The Morgan fingerprint density at radius 3 is 2.29 bits per heavy atom. The van der Waals surface area contributed by atoms with Crippen molar-refractivity contribution in [1.82, 2.24) is 0 Å². The highest BCUT2D eigenvalue weighted by molar-refractivity contribution is 5.74. The van der Waals surface area contributed by atoms with Crippen LogP contribution in [0.1, 0.15) is 120 Å². The average molecular weight is 527 g/mol. The third-order valence-electron chi connectivity index (χ3n) is 12.8. The van der Waals surface area contributed by atoms with Gasteiger partial charge in [0.05, 0.1) is 13.0 Å². The minimum absolute atomic E-state index is 0.00465. The number of allylic oxidation sites excluding steroid dienone is 2. The monoisotopic (exact) mass is 526 g/mol. The van der Waals surface area contributed by atoms with Crippen LogP contribution in [0.25, 0.3) is 0 Å². The molecule has 0 radical (unpaired) electrons. The van der Waals surface area contributed by atoms with Gasteiger partial charge in [-0.05, 0) is 105 Å². The van der Waals surface area contributed by atoms with Gasteiger partial charge in [-0.25, -0.2) is 0 Å². The number of rotatable bonds is 7. The first-order valence-electron chi connectivity index (χ1n) is 15.3. The maximum atomic E-state index is 12.0. The molecule has 0 heterocycles. The zero-order valence-corrected chi connectivity index (χ0v) is 25.8. The molecule has 0 aromatic rings. The van der Waals surface area contributed by atoms with Crippen molar-refractivity contribution in [2.24, 2.45) is 45.3 Å². The molecule has 0 aromatic heterocycles. The highest BCUT2D eigenvalue weighted by Gasteiger charge is 2.63. The zero-order chi connectivity index (χ0) is 28.3. The summed E-state index contributed by atoms with van der Waals surface area (Å²) in [5.41, 5.74) is 5.36. The van der Waals surface area contributed by atoms with Gasteiger partial charge in [0.1, 0.15) is 6.10 Å². The maximum Gasteiger partial charge on any atom is 0.312 e. The van der Waals surface area contributed by atoms with Crippen molar-refractivity contribution in [3.05, 3.63) is 23.3 Å². The predicted molar refractivity (Wildman–Crippen MR) is 153 cm³/mol. The SMILES string of the molecule is C=C(CC[C@@H](C)[C@H]1CC[C@@]2(C)C3=C(CC[C@]12C)[C@@]1(C)CC[C@H](OC(C)=O)C(C)(C)[C@@H]1CC3)[C@H](C)C(=O)OC. The van der Waals surface area contributed by atoms with Gasteiger partial charge in [0, 0.05) is 12.3 Å². The fourth-order valence-corrected chi connectivity index (χ4v) is 10.2. The number of hydrogen-bond donors (Lipinski definition) is 0. The van der Waals surface area contributed by atoms with Crippen LogP contribution in [-0.2, 0) is 19.1 Å². The number of hydrogen-bond acceptors (Lipinski definition) is 4. The third kappa shape index (κ3) is 4.40. The molecule has 8 atom stereocenters. The number of carbonyl (C=O) groups is 2. The van der Waals surface area contributed by atoms with Gasteiger partial charge >= 0.3 is 11.9 Å². The average Bonchev–Trinajstić information content (AvgIpc) is 3.14. The Kier molecular flexibility index (Phi) is 7.82. The Labute approximate surface area is 232 Å². The van der Waals surface area contributed by atoms with Gasteiger partial charge in [0.15, 0.2) is 0 Å². The topological polar surface area (TPSA) is 52.6 Å². The molecule has 0 unspecified atom stereocenters. The molecule has 214 valence electrons. The van der Waals surface area contributed by atoms with E-state index in [1.807, 2.05) is 6.92 Å². The van der Waals surface area contributed by atoms with E-state index >= 15 is 0 Å². The van der Waals surface area contributed by atoms with E-state index in [1.54, 1.807) is 18.1 Å². The molecule has 4 heteroatoms. The fraction of sp³-hybridized carbons (Fsp3) is 0.824. The van der Waals surface area contributed by atoms with Gasteiger partial charge in [0.25, 0.3) is 0 Å². The molecule has 0 aromatic carbocycles. The molecule has 0 saturated heterocycles. The van der Waals surface area contributed by atoms with E-state index in [-0.39, 0.29) is 40.2 Å². The molecule has 4 aliphatic rings. The molecule has 0 bridgehead atoms. The minimum Gasteiger partial charge on any atom is -0.469 e. The Hall–Kier alpha value is -1.58. The van der Waals surface area contributed by atoms with E-state index in [1.165, 1.54) is 45.6 Å². The molecular weight excluding hydrogens is 472 g/mol. The van der Waals surface area contributed by atoms with Gasteiger partial charge in [0.2, 0.25) is 0 Å². The molecule has 4 nitrogen and oxygen atoms in total. The second-order valence-electron chi connectivity index (χ2n) is 14.7. The van der Waals surface area contributed by atoms with Crippen molar-refractivity contribution < 1.29 is 19.1 Å². The van der Waals surface area contributed by atoms with Crippen molar-refractivity contribution in [1.29, 1.82) is 0 Å². The molecule has 4 aliphatic carbocycles. The van der Waals surface area contributed by atoms with E-state index in [0.29, 0.717) is 23.2 Å². The summed E-state index contributed by atoms with van der Waals surface area (Å²) >= 11 is 0. The Bertz CT molecular complexity index is 1010. The molecular formula is C34H54O4. The smallest absolute Gasteiger partial charge is 0.312 e. The maximum absolute atomic E-state index is 12.0. The number of ether oxygens (including phenoxy) is 2. The molecule has 0 amide bonds. The third-order valence-corrected chi connectivity index (χ3v) is 12.8. The highest BCUT2D eigenvalue weighted by atomic mass is 16.5. The lowest BCUT2D eigenvalue weighted by molar-refractivity contribution is -0.167. The normalized spacial score (nSPS) is 39.3. The van der Waals surface area contributed by atoms with E-state index in [4.69, 9.17) is 9.47 Å². The van der Waals surface area contributed by atoms with Crippen LogP contribution in [0, 0.1) is 45.3 Å². The zero-order valence-electron chi connectivity index (χ0n) is 25.8. The van der Waals surface area contributed by atoms with E-state index in [2.05, 4.69) is 48.1 Å². The lowest BCUT2D eigenvalue weighted by Gasteiger charge is -2.62. The molecule has 0 spiro atoms. The largest absolute Gasteiger partial charge is 0.469 e. The van der Waals surface area contributed by atoms with Crippen molar-refractivity contribution >= 4 is 11.9 Å². The van der Waals surface area contributed by atoms with Crippen LogP contribution in [-0.4, -0.2) is 25.2 Å². The highest BCUT2D eigenvalue weighted by Crippen LogP contribution is 2.72. The van der Waals surface area contributed by atoms with Crippen LogP contribution in [0.5, 0.6) is 0 Å². The summed E-state index contributed by atoms with van der Waals surface area (Å²) in [6.07, 6.45) is 11.6. The van der Waals surface area contributed by atoms with Crippen molar-refractivity contribution in [3.8, 4) is 0 Å². The van der Waals surface area contributed by atoms with Crippen LogP contribution >= 0.6 is 0 Å². The Morgan fingerprint density at radius 1 is 0.974 bits per heavy atom. The van der Waals surface area contributed by atoms with Gasteiger partial charge in [-0.3, -0.25) is 9.59 Å². The second-order valence-corrected chi connectivity index (χ2v) is 14.7. The molecule has 4 rings (SSSR count). The number of methoxy groups -OCH3 is 1. The quantitative estimate of drug-likeness (QED) is 0.247. The second kappa shape index (κ2) is 10.1. The van der Waals surface area contributed by atoms with Crippen LogP contribution in [0.3, 0.4) is 0 Å². The van der Waals surface area contributed by atoms with Crippen molar-refractivity contribution in [2.45, 2.75) is 126 Å². The van der Waals surface area contributed by atoms with Crippen LogP contribution in [0.15, 0.2) is 23.3 Å². The first-order chi connectivity index (χ1) is 17.6. The summed E-state index contributed by atoms with van der Waals surface area (Å²) in [5.74, 6) is 1.32. The van der Waals surface area contributed by atoms with Crippen LogP contribution in [0.4, 0.5) is 0 Å². The van der Waals surface area contributed by atoms with Gasteiger partial charge < -0.3 is 9.47 Å². The summed E-state index contributed by atoms with van der Waals surface area (Å²) < 4.78 is 10.8. The Balaban J connectivity index is 1.55. The molecule has 0 N–H and O–H groups in total. The molecule has 38 heavy (non-hydrogen) atoms. The standard InChI is InChI=1S/C34H54O4/c1-21(23(3)30(36)37-10)11-12-22(2)25-15-19-34(9)27-13-14-28-31(5,6)29(38-24(4)35)17-18-32(28,7)26(27)16-20-33(25,34)8/h22-23,25,28-29H,1,11-20H2,2-10H3/t22-,23+,25-,28+,29+,32-,33-,34+/m1/s1. The summed E-state index contributed by atoms with van der Waals surface area (Å²) in [6, 6.07) is 0. The van der Waals surface area contributed by atoms with E-state index in [0.717, 1.165) is 31.3 Å². The molecule has 2 fully saturated rings. The van der Waals surface area contributed by atoms with E-state index < -0.39 is 0 Å². The van der Waals surface area contributed by atoms with Crippen molar-refractivity contribution in [3.63, 3.8) is 0 Å².